The van der Waals surface area contributed by atoms with Crippen LogP contribution in [0.3, 0.4) is 0 Å². The van der Waals surface area contributed by atoms with Crippen LogP contribution in [0.1, 0.15) is 20.3 Å². The maximum Gasteiger partial charge on any atom is 0.160 e. The molecule has 0 spiro atoms. The predicted molar refractivity (Wildman–Crippen MR) is 34.6 cm³/mol. The van der Waals surface area contributed by atoms with Crippen LogP contribution in [0.25, 0.3) is 0 Å². The molecule has 0 aliphatic rings. The molecule has 0 bridgehead atoms. The van der Waals surface area contributed by atoms with Gasteiger partial charge in [0.15, 0.2) is 5.78 Å². The molecule has 0 radical (unpaired) electrons. The van der Waals surface area contributed by atoms with Crippen molar-refractivity contribution >= 4 is 5.78 Å². The van der Waals surface area contributed by atoms with Crippen LogP contribution in [-0.4, -0.2) is 12.4 Å². The lowest BCUT2D eigenvalue weighted by molar-refractivity contribution is -0.124. The topological polar surface area (TPSA) is 52.3 Å². The second kappa shape index (κ2) is 4.47. The maximum absolute atomic E-state index is 10.6. The van der Waals surface area contributed by atoms with E-state index in [9.17, 15) is 4.79 Å². The summed E-state index contributed by atoms with van der Waals surface area (Å²) in [6.45, 7) is 4.00. The summed E-state index contributed by atoms with van der Waals surface area (Å²) < 4.78 is 0. The highest BCUT2D eigenvalue weighted by Crippen LogP contribution is 1.98. The zero-order valence-electron chi connectivity index (χ0n) is 5.89. The molecule has 3 heteroatoms. The lowest BCUT2D eigenvalue weighted by atomic mass is 10.1. The molecular formula is C6H13NO2. The first kappa shape index (κ1) is 8.59. The van der Waals surface area contributed by atoms with Crippen LogP contribution >= 0.6 is 0 Å². The molecule has 0 saturated heterocycles. The van der Waals surface area contributed by atoms with E-state index in [1.54, 1.807) is 0 Å². The van der Waals surface area contributed by atoms with Crippen molar-refractivity contribution in [1.29, 1.82) is 0 Å². The van der Waals surface area contributed by atoms with Gasteiger partial charge in [-0.15, -0.1) is 0 Å². The van der Waals surface area contributed by atoms with Crippen LogP contribution < -0.4 is 5.90 Å². The fourth-order valence-electron chi connectivity index (χ4n) is 0.607. The highest BCUT2D eigenvalue weighted by Gasteiger charge is 2.02. The van der Waals surface area contributed by atoms with E-state index in [-0.39, 0.29) is 12.4 Å². The number of Topliss-reactive ketones (excluding diaryl/α,β-unsaturated/α-hetero) is 1. The standard InChI is InChI=1S/C6H13NO2/c1-5(2)3-6(8)4-9-7/h5H,3-4,7H2,1-2H3. The summed E-state index contributed by atoms with van der Waals surface area (Å²) in [5.41, 5.74) is 0. The van der Waals surface area contributed by atoms with Gasteiger partial charge in [0.1, 0.15) is 6.61 Å². The minimum Gasteiger partial charge on any atom is -0.297 e. The summed E-state index contributed by atoms with van der Waals surface area (Å²) in [4.78, 5) is 14.8. The fourth-order valence-corrected chi connectivity index (χ4v) is 0.607. The molecule has 0 aliphatic carbocycles. The van der Waals surface area contributed by atoms with Gasteiger partial charge in [0.25, 0.3) is 0 Å². The summed E-state index contributed by atoms with van der Waals surface area (Å²) in [7, 11) is 0. The van der Waals surface area contributed by atoms with E-state index in [1.807, 2.05) is 13.8 Å². The molecule has 3 nitrogen and oxygen atoms in total. The monoisotopic (exact) mass is 131 g/mol. The zero-order valence-corrected chi connectivity index (χ0v) is 5.89. The Morgan fingerprint density at radius 2 is 2.22 bits per heavy atom. The third-order valence-electron chi connectivity index (χ3n) is 0.880. The van der Waals surface area contributed by atoms with Crippen LogP contribution in [0.2, 0.25) is 0 Å². The normalized spacial score (nSPS) is 10.2. The molecule has 2 N–H and O–H groups in total. The van der Waals surface area contributed by atoms with E-state index in [2.05, 4.69) is 10.7 Å². The largest absolute Gasteiger partial charge is 0.297 e. The van der Waals surface area contributed by atoms with E-state index >= 15 is 0 Å². The van der Waals surface area contributed by atoms with Crippen molar-refractivity contribution in [2.75, 3.05) is 6.61 Å². The first-order valence-corrected chi connectivity index (χ1v) is 3.00. The highest BCUT2D eigenvalue weighted by atomic mass is 16.6. The molecule has 0 heterocycles. The molecule has 0 aromatic rings. The summed E-state index contributed by atoms with van der Waals surface area (Å²) in [6, 6.07) is 0. The summed E-state index contributed by atoms with van der Waals surface area (Å²) in [6.07, 6.45) is 0.553. The number of hydrogen-bond donors (Lipinski definition) is 1. The number of carbonyl (C=O) groups is 1. The van der Waals surface area contributed by atoms with Crippen molar-refractivity contribution < 1.29 is 9.63 Å². The number of rotatable bonds is 4. The minimum absolute atomic E-state index is 0.0399. The van der Waals surface area contributed by atoms with Gasteiger partial charge in [0.05, 0.1) is 0 Å². The van der Waals surface area contributed by atoms with Crippen molar-refractivity contribution in [2.24, 2.45) is 11.8 Å². The average molecular weight is 131 g/mol. The first-order chi connectivity index (χ1) is 4.16. The van der Waals surface area contributed by atoms with Gasteiger partial charge in [-0.2, -0.15) is 0 Å². The third kappa shape index (κ3) is 5.46. The summed E-state index contributed by atoms with van der Waals surface area (Å²) in [5.74, 6) is 5.14. The molecule has 0 saturated carbocycles. The van der Waals surface area contributed by atoms with Gasteiger partial charge in [-0.3, -0.25) is 9.63 Å². The van der Waals surface area contributed by atoms with Crippen LogP contribution in [0, 0.1) is 5.92 Å². The Hall–Kier alpha value is -0.410. The molecule has 0 atom stereocenters. The van der Waals surface area contributed by atoms with E-state index in [0.717, 1.165) is 0 Å². The molecule has 0 fully saturated rings. The van der Waals surface area contributed by atoms with Crippen LogP contribution in [0.5, 0.6) is 0 Å². The molecule has 0 rings (SSSR count). The fraction of sp³-hybridized carbons (Fsp3) is 0.833. The summed E-state index contributed by atoms with van der Waals surface area (Å²) in [5, 5.41) is 0. The average Bonchev–Trinajstić information content (AvgIpc) is 1.63. The van der Waals surface area contributed by atoms with Crippen LogP contribution in [0.4, 0.5) is 0 Å². The minimum atomic E-state index is 0.0399. The van der Waals surface area contributed by atoms with Crippen molar-refractivity contribution in [3.8, 4) is 0 Å². The Labute approximate surface area is 55.1 Å². The Balaban J connectivity index is 3.27. The first-order valence-electron chi connectivity index (χ1n) is 3.00. The maximum atomic E-state index is 10.6. The van der Waals surface area contributed by atoms with Crippen LogP contribution in [-0.2, 0) is 9.63 Å². The Kier molecular flexibility index (Phi) is 4.26. The van der Waals surface area contributed by atoms with Crippen molar-refractivity contribution in [3.63, 3.8) is 0 Å². The highest BCUT2D eigenvalue weighted by molar-refractivity contribution is 5.79. The number of ketones is 1. The summed E-state index contributed by atoms with van der Waals surface area (Å²) >= 11 is 0. The number of nitrogens with two attached hydrogens (primary N) is 1. The molecule has 0 aromatic carbocycles. The lowest BCUT2D eigenvalue weighted by Gasteiger charge is -2.00. The molecule has 0 aliphatic heterocycles. The van der Waals surface area contributed by atoms with Gasteiger partial charge in [0, 0.05) is 6.42 Å². The van der Waals surface area contributed by atoms with Gasteiger partial charge in [-0.25, -0.2) is 5.90 Å². The molecule has 0 unspecified atom stereocenters. The molecule has 0 amide bonds. The molecule has 9 heavy (non-hydrogen) atoms. The van der Waals surface area contributed by atoms with E-state index in [4.69, 9.17) is 0 Å². The second-order valence-electron chi connectivity index (χ2n) is 2.45. The van der Waals surface area contributed by atoms with Crippen molar-refractivity contribution in [1.82, 2.24) is 0 Å². The Bertz CT molecular complexity index is 91.1. The number of hydrogen-bond acceptors (Lipinski definition) is 3. The smallest absolute Gasteiger partial charge is 0.160 e. The van der Waals surface area contributed by atoms with Gasteiger partial charge in [-0.1, -0.05) is 13.8 Å². The van der Waals surface area contributed by atoms with Gasteiger partial charge in [-0.05, 0) is 5.92 Å². The van der Waals surface area contributed by atoms with Gasteiger partial charge >= 0.3 is 0 Å². The predicted octanol–water partition coefficient (Wildman–Crippen LogP) is 0.492. The van der Waals surface area contributed by atoms with Gasteiger partial charge < -0.3 is 0 Å². The van der Waals surface area contributed by atoms with E-state index in [1.165, 1.54) is 0 Å². The van der Waals surface area contributed by atoms with Crippen LogP contribution in [0.15, 0.2) is 0 Å². The van der Waals surface area contributed by atoms with Crippen molar-refractivity contribution in [2.45, 2.75) is 20.3 Å². The Morgan fingerprint density at radius 3 is 2.56 bits per heavy atom. The molecular weight excluding hydrogens is 118 g/mol. The zero-order chi connectivity index (χ0) is 7.28. The van der Waals surface area contributed by atoms with Crippen molar-refractivity contribution in [3.05, 3.63) is 0 Å². The van der Waals surface area contributed by atoms with E-state index in [0.29, 0.717) is 12.3 Å². The third-order valence-corrected chi connectivity index (χ3v) is 0.880. The van der Waals surface area contributed by atoms with E-state index < -0.39 is 0 Å². The molecule has 0 aromatic heterocycles. The second-order valence-corrected chi connectivity index (χ2v) is 2.45. The quantitative estimate of drug-likeness (QED) is 0.565. The number of carbonyl (C=O) groups excluding carboxylic acids is 1. The Morgan fingerprint density at radius 1 is 1.67 bits per heavy atom. The lowest BCUT2D eigenvalue weighted by Crippen LogP contribution is -2.13. The van der Waals surface area contributed by atoms with Gasteiger partial charge in [0.2, 0.25) is 0 Å². The molecule has 54 valence electrons. The SMILES string of the molecule is CC(C)CC(=O)CON.